The average Bonchev–Trinajstić information content (AvgIpc) is 2.88. The van der Waals surface area contributed by atoms with Gasteiger partial charge in [-0.2, -0.15) is 0 Å². The van der Waals surface area contributed by atoms with Crippen molar-refractivity contribution >= 4 is 22.6 Å². The molecule has 0 aliphatic carbocycles. The van der Waals surface area contributed by atoms with Crippen LogP contribution < -0.4 is 11.0 Å². The van der Waals surface area contributed by atoms with Gasteiger partial charge in [0.1, 0.15) is 0 Å². The van der Waals surface area contributed by atoms with Gasteiger partial charge in [0.05, 0.1) is 36.0 Å². The number of aromatic nitrogens is 2. The van der Waals surface area contributed by atoms with Crippen LogP contribution in [0.3, 0.4) is 0 Å². The zero-order valence-electron chi connectivity index (χ0n) is 13.1. The number of rotatable bonds is 3. The second-order valence-corrected chi connectivity index (χ2v) is 6.33. The van der Waals surface area contributed by atoms with E-state index in [1.807, 2.05) is 48.5 Å². The lowest BCUT2D eigenvalue weighted by molar-refractivity contribution is 0.0183. The topological polar surface area (TPSA) is 48.2 Å². The van der Waals surface area contributed by atoms with Crippen LogP contribution in [0.4, 0.5) is 0 Å². The summed E-state index contributed by atoms with van der Waals surface area (Å²) in [7, 11) is 0. The van der Waals surface area contributed by atoms with E-state index in [4.69, 9.17) is 16.3 Å². The largest absolute Gasteiger partial charge is 0.374 e. The molecular formula is C18H18ClN3O2. The molecule has 5 nitrogen and oxygen atoms in total. The minimum absolute atomic E-state index is 0.0121. The van der Waals surface area contributed by atoms with Crippen LogP contribution in [0.1, 0.15) is 0 Å². The van der Waals surface area contributed by atoms with Crippen molar-refractivity contribution in [3.8, 4) is 5.69 Å². The number of fused-ring (bicyclic) bond motifs is 1. The Kier molecular flexibility index (Phi) is 4.14. The molecule has 1 atom stereocenters. The lowest BCUT2D eigenvalue weighted by atomic mass is 10.2. The van der Waals surface area contributed by atoms with Gasteiger partial charge in [-0.25, -0.2) is 4.79 Å². The summed E-state index contributed by atoms with van der Waals surface area (Å²) in [4.78, 5) is 13.1. The fourth-order valence-electron chi connectivity index (χ4n) is 3.17. The molecule has 1 aliphatic heterocycles. The van der Waals surface area contributed by atoms with Crippen molar-refractivity contribution in [1.29, 1.82) is 0 Å². The maximum Gasteiger partial charge on any atom is 0.333 e. The lowest BCUT2D eigenvalue weighted by Gasteiger charge is -2.23. The summed E-state index contributed by atoms with van der Waals surface area (Å²) >= 11 is 6.17. The van der Waals surface area contributed by atoms with Gasteiger partial charge in [0.25, 0.3) is 0 Å². The Morgan fingerprint density at radius 1 is 1.17 bits per heavy atom. The highest BCUT2D eigenvalue weighted by Gasteiger charge is 2.20. The number of morpholine rings is 1. The van der Waals surface area contributed by atoms with Gasteiger partial charge in [0.15, 0.2) is 0 Å². The molecule has 0 radical (unpaired) electrons. The van der Waals surface area contributed by atoms with Crippen molar-refractivity contribution in [2.24, 2.45) is 0 Å². The van der Waals surface area contributed by atoms with Crippen LogP contribution in [0.25, 0.3) is 16.7 Å². The summed E-state index contributed by atoms with van der Waals surface area (Å²) in [6.07, 6.45) is -0.0121. The van der Waals surface area contributed by atoms with Crippen molar-refractivity contribution in [3.05, 3.63) is 64.0 Å². The number of halogens is 1. The third-order valence-corrected chi connectivity index (χ3v) is 4.53. The van der Waals surface area contributed by atoms with Crippen LogP contribution in [-0.2, 0) is 11.3 Å². The number of nitrogens with zero attached hydrogens (tertiary/aromatic N) is 2. The normalized spacial score (nSPS) is 18.1. The first-order valence-corrected chi connectivity index (χ1v) is 8.40. The van der Waals surface area contributed by atoms with Crippen LogP contribution in [0.15, 0.2) is 53.3 Å². The molecule has 2 aromatic carbocycles. The second kappa shape index (κ2) is 6.43. The number of hydrogen-bond acceptors (Lipinski definition) is 3. The van der Waals surface area contributed by atoms with Gasteiger partial charge >= 0.3 is 5.69 Å². The van der Waals surface area contributed by atoms with Crippen molar-refractivity contribution in [3.63, 3.8) is 0 Å². The van der Waals surface area contributed by atoms with E-state index in [9.17, 15) is 4.79 Å². The molecule has 124 valence electrons. The smallest absolute Gasteiger partial charge is 0.333 e. The van der Waals surface area contributed by atoms with Gasteiger partial charge in [0.2, 0.25) is 0 Å². The molecule has 1 fully saturated rings. The summed E-state index contributed by atoms with van der Waals surface area (Å²) < 4.78 is 9.25. The Labute approximate surface area is 144 Å². The molecule has 1 saturated heterocycles. The predicted octanol–water partition coefficient (Wildman–Crippen LogP) is 2.43. The van der Waals surface area contributed by atoms with E-state index in [1.165, 1.54) is 0 Å². The molecular weight excluding hydrogens is 326 g/mol. The zero-order valence-corrected chi connectivity index (χ0v) is 13.9. The number of ether oxygens (including phenoxy) is 1. The summed E-state index contributed by atoms with van der Waals surface area (Å²) in [5.41, 5.74) is 2.42. The summed E-state index contributed by atoms with van der Waals surface area (Å²) in [5.74, 6) is 0. The quantitative estimate of drug-likeness (QED) is 0.794. The lowest BCUT2D eigenvalue weighted by Crippen LogP contribution is -2.42. The Morgan fingerprint density at radius 3 is 2.75 bits per heavy atom. The summed E-state index contributed by atoms with van der Waals surface area (Å²) in [6, 6.07) is 15.2. The average molecular weight is 344 g/mol. The van der Waals surface area contributed by atoms with Crippen LogP contribution in [-0.4, -0.2) is 34.9 Å². The maximum atomic E-state index is 13.1. The SMILES string of the molecule is O=c1n(CC2CNCCO2)c2ccc(Cl)cc2n1-c1ccccc1. The molecule has 0 bridgehead atoms. The molecule has 1 N–H and O–H groups in total. The molecule has 0 amide bonds. The molecule has 4 rings (SSSR count). The van der Waals surface area contributed by atoms with Crippen molar-refractivity contribution in [1.82, 2.24) is 14.5 Å². The van der Waals surface area contributed by atoms with E-state index in [2.05, 4.69) is 5.32 Å². The van der Waals surface area contributed by atoms with Crippen molar-refractivity contribution < 1.29 is 4.74 Å². The number of imidazole rings is 1. The number of nitrogens with one attached hydrogen (secondary N) is 1. The van der Waals surface area contributed by atoms with E-state index in [0.717, 1.165) is 29.8 Å². The van der Waals surface area contributed by atoms with Crippen LogP contribution >= 0.6 is 11.6 Å². The summed E-state index contributed by atoms with van der Waals surface area (Å²) in [6.45, 7) is 2.79. The maximum absolute atomic E-state index is 13.1. The molecule has 6 heteroatoms. The van der Waals surface area contributed by atoms with Crippen molar-refractivity contribution in [2.75, 3.05) is 19.7 Å². The first-order chi connectivity index (χ1) is 11.7. The fourth-order valence-corrected chi connectivity index (χ4v) is 3.34. The number of benzene rings is 2. The second-order valence-electron chi connectivity index (χ2n) is 5.89. The first-order valence-electron chi connectivity index (χ1n) is 8.02. The number of para-hydroxylation sites is 1. The van der Waals surface area contributed by atoms with Crippen molar-refractivity contribution in [2.45, 2.75) is 12.6 Å². The highest BCUT2D eigenvalue weighted by molar-refractivity contribution is 6.31. The minimum atomic E-state index is -0.0763. The molecule has 1 unspecified atom stereocenters. The Hall–Kier alpha value is -2.08. The van der Waals surface area contributed by atoms with Gasteiger partial charge < -0.3 is 10.1 Å². The van der Waals surface area contributed by atoms with E-state index >= 15 is 0 Å². The third kappa shape index (κ3) is 2.75. The molecule has 2 heterocycles. The van der Waals surface area contributed by atoms with E-state index in [-0.39, 0.29) is 11.8 Å². The highest BCUT2D eigenvalue weighted by Crippen LogP contribution is 2.22. The zero-order chi connectivity index (χ0) is 16.5. The van der Waals surface area contributed by atoms with E-state index in [0.29, 0.717) is 18.2 Å². The Morgan fingerprint density at radius 2 is 2.00 bits per heavy atom. The van der Waals surface area contributed by atoms with E-state index < -0.39 is 0 Å². The van der Waals surface area contributed by atoms with Gasteiger partial charge in [0, 0.05) is 18.1 Å². The standard InChI is InChI=1S/C18H18ClN3O2/c19-13-6-7-16-17(10-13)22(14-4-2-1-3-5-14)18(23)21(16)12-15-11-20-8-9-24-15/h1-7,10,15,20H,8-9,11-12H2. The van der Waals surface area contributed by atoms with Gasteiger partial charge in [-0.1, -0.05) is 29.8 Å². The highest BCUT2D eigenvalue weighted by atomic mass is 35.5. The third-order valence-electron chi connectivity index (χ3n) is 4.30. The molecule has 1 aliphatic rings. The first kappa shape index (κ1) is 15.4. The Balaban J connectivity index is 1.88. The molecule has 24 heavy (non-hydrogen) atoms. The van der Waals surface area contributed by atoms with Crippen LogP contribution in [0.2, 0.25) is 5.02 Å². The minimum Gasteiger partial charge on any atom is -0.374 e. The molecule has 0 spiro atoms. The fraction of sp³-hybridized carbons (Fsp3) is 0.278. The molecule has 0 saturated carbocycles. The summed E-state index contributed by atoms with van der Waals surface area (Å²) in [5, 5.41) is 3.91. The number of hydrogen-bond donors (Lipinski definition) is 1. The van der Waals surface area contributed by atoms with Crippen LogP contribution in [0.5, 0.6) is 0 Å². The molecule has 3 aromatic rings. The van der Waals surface area contributed by atoms with Gasteiger partial charge in [-0.3, -0.25) is 9.13 Å². The van der Waals surface area contributed by atoms with Crippen LogP contribution in [0, 0.1) is 0 Å². The van der Waals surface area contributed by atoms with Gasteiger partial charge in [-0.05, 0) is 30.3 Å². The Bertz CT molecular complexity index is 911. The van der Waals surface area contributed by atoms with Gasteiger partial charge in [-0.15, -0.1) is 0 Å². The molecule has 1 aromatic heterocycles. The van der Waals surface area contributed by atoms with E-state index in [1.54, 1.807) is 9.13 Å². The predicted molar refractivity (Wildman–Crippen MR) is 95.2 cm³/mol. The monoisotopic (exact) mass is 343 g/mol.